The summed E-state index contributed by atoms with van der Waals surface area (Å²) in [5.41, 5.74) is -0.0480. The van der Waals surface area contributed by atoms with E-state index in [9.17, 15) is 0 Å². The summed E-state index contributed by atoms with van der Waals surface area (Å²) in [5, 5.41) is 12.4. The van der Waals surface area contributed by atoms with Crippen molar-refractivity contribution in [3.63, 3.8) is 0 Å². The molecule has 1 unspecified atom stereocenters. The van der Waals surface area contributed by atoms with Gasteiger partial charge in [-0.15, -0.1) is 0 Å². The van der Waals surface area contributed by atoms with Crippen LogP contribution in [0.5, 0.6) is 6.01 Å². The molecule has 0 bridgehead atoms. The van der Waals surface area contributed by atoms with Crippen molar-refractivity contribution in [2.75, 3.05) is 18.5 Å². The molecule has 1 heterocycles. The minimum absolute atomic E-state index is 0.0189. The fraction of sp³-hybridized carbons (Fsp3) is 0.750. The highest BCUT2D eigenvalue weighted by atomic mass is 35.5. The molecular formula is C12H21ClN4O2. The number of aliphatic hydroxyl groups is 1. The van der Waals surface area contributed by atoms with Gasteiger partial charge in [0.05, 0.1) is 6.61 Å². The third kappa shape index (κ3) is 5.16. The Hall–Kier alpha value is -1.14. The quantitative estimate of drug-likeness (QED) is 0.835. The van der Waals surface area contributed by atoms with Crippen molar-refractivity contribution in [2.24, 2.45) is 5.41 Å². The first kappa shape index (κ1) is 15.9. The average molecular weight is 289 g/mol. The summed E-state index contributed by atoms with van der Waals surface area (Å²) in [7, 11) is 0. The van der Waals surface area contributed by atoms with Crippen molar-refractivity contribution in [1.82, 2.24) is 15.0 Å². The van der Waals surface area contributed by atoms with Gasteiger partial charge in [0.15, 0.2) is 0 Å². The fourth-order valence-electron chi connectivity index (χ4n) is 1.60. The molecule has 6 nitrogen and oxygen atoms in total. The molecule has 0 aliphatic heterocycles. The van der Waals surface area contributed by atoms with Gasteiger partial charge in [0.25, 0.3) is 0 Å². The summed E-state index contributed by atoms with van der Waals surface area (Å²) in [6, 6.07) is 0.215. The zero-order valence-corrected chi connectivity index (χ0v) is 12.5. The SMILES string of the molecule is CCOc1nc(Cl)nc(NC(CCO)C(C)(C)C)n1. The summed E-state index contributed by atoms with van der Waals surface area (Å²) in [5.74, 6) is 0.358. The first-order chi connectivity index (χ1) is 8.86. The molecule has 108 valence electrons. The summed E-state index contributed by atoms with van der Waals surface area (Å²) >= 11 is 5.83. The van der Waals surface area contributed by atoms with E-state index in [0.717, 1.165) is 0 Å². The molecule has 2 N–H and O–H groups in total. The number of nitrogens with zero attached hydrogens (tertiary/aromatic N) is 3. The molecule has 0 aliphatic rings. The Morgan fingerprint density at radius 3 is 2.53 bits per heavy atom. The number of rotatable bonds is 6. The van der Waals surface area contributed by atoms with E-state index in [4.69, 9.17) is 21.4 Å². The van der Waals surface area contributed by atoms with E-state index in [2.05, 4.69) is 41.0 Å². The predicted molar refractivity (Wildman–Crippen MR) is 74.6 cm³/mol. The summed E-state index contributed by atoms with van der Waals surface area (Å²) in [6.45, 7) is 8.62. The zero-order valence-electron chi connectivity index (χ0n) is 11.8. The Bertz CT molecular complexity index is 409. The summed E-state index contributed by atoms with van der Waals surface area (Å²) in [6.07, 6.45) is 0.594. The van der Waals surface area contributed by atoms with Gasteiger partial charge < -0.3 is 15.2 Å². The van der Waals surface area contributed by atoms with Crippen LogP contribution in [0.3, 0.4) is 0 Å². The van der Waals surface area contributed by atoms with Crippen LogP contribution in [0.25, 0.3) is 0 Å². The highest BCUT2D eigenvalue weighted by Gasteiger charge is 2.25. The minimum atomic E-state index is -0.0480. The molecule has 7 heteroatoms. The molecule has 0 fully saturated rings. The predicted octanol–water partition coefficient (Wildman–Crippen LogP) is 2.13. The van der Waals surface area contributed by atoms with Crippen molar-refractivity contribution in [3.05, 3.63) is 5.28 Å². The fourth-order valence-corrected chi connectivity index (χ4v) is 1.75. The Morgan fingerprint density at radius 2 is 2.00 bits per heavy atom. The van der Waals surface area contributed by atoms with Gasteiger partial charge in [-0.25, -0.2) is 0 Å². The number of aromatic nitrogens is 3. The van der Waals surface area contributed by atoms with Gasteiger partial charge >= 0.3 is 6.01 Å². The maximum Gasteiger partial charge on any atom is 0.322 e. The summed E-state index contributed by atoms with van der Waals surface area (Å²) in [4.78, 5) is 12.0. The zero-order chi connectivity index (χ0) is 14.5. The van der Waals surface area contributed by atoms with Crippen LogP contribution in [-0.4, -0.2) is 39.3 Å². The second kappa shape index (κ2) is 6.86. The third-order valence-corrected chi connectivity index (χ3v) is 2.80. The minimum Gasteiger partial charge on any atom is -0.464 e. The van der Waals surface area contributed by atoms with Gasteiger partial charge in [-0.05, 0) is 30.4 Å². The van der Waals surface area contributed by atoms with E-state index >= 15 is 0 Å². The van der Waals surface area contributed by atoms with Crippen molar-refractivity contribution in [2.45, 2.75) is 40.2 Å². The Kier molecular flexibility index (Phi) is 5.75. The molecule has 1 atom stereocenters. The van der Waals surface area contributed by atoms with E-state index in [1.165, 1.54) is 0 Å². The van der Waals surface area contributed by atoms with Crippen LogP contribution in [0.1, 0.15) is 34.1 Å². The number of nitrogens with one attached hydrogen (secondary N) is 1. The Balaban J connectivity index is 2.89. The van der Waals surface area contributed by atoms with Crippen LogP contribution < -0.4 is 10.1 Å². The molecule has 0 spiro atoms. The van der Waals surface area contributed by atoms with Crippen molar-refractivity contribution in [3.8, 4) is 6.01 Å². The molecule has 0 aliphatic carbocycles. The van der Waals surface area contributed by atoms with Crippen LogP contribution in [0, 0.1) is 5.41 Å². The van der Waals surface area contributed by atoms with E-state index in [0.29, 0.717) is 19.0 Å². The number of anilines is 1. The van der Waals surface area contributed by atoms with Gasteiger partial charge in [-0.3, -0.25) is 0 Å². The van der Waals surface area contributed by atoms with Gasteiger partial charge in [-0.1, -0.05) is 20.8 Å². The Morgan fingerprint density at radius 1 is 1.32 bits per heavy atom. The van der Waals surface area contributed by atoms with Crippen molar-refractivity contribution >= 4 is 17.5 Å². The normalized spacial score (nSPS) is 13.2. The van der Waals surface area contributed by atoms with E-state index in [-0.39, 0.29) is 29.4 Å². The maximum atomic E-state index is 9.13. The van der Waals surface area contributed by atoms with E-state index in [1.807, 2.05) is 6.92 Å². The van der Waals surface area contributed by atoms with Crippen LogP contribution in [-0.2, 0) is 0 Å². The van der Waals surface area contributed by atoms with Crippen molar-refractivity contribution in [1.29, 1.82) is 0 Å². The lowest BCUT2D eigenvalue weighted by atomic mass is 9.85. The second-order valence-electron chi connectivity index (χ2n) is 5.22. The number of aliphatic hydroxyl groups excluding tert-OH is 1. The highest BCUT2D eigenvalue weighted by Crippen LogP contribution is 2.25. The Labute approximate surface area is 118 Å². The third-order valence-electron chi connectivity index (χ3n) is 2.63. The number of hydrogen-bond acceptors (Lipinski definition) is 6. The topological polar surface area (TPSA) is 80.2 Å². The molecule has 1 aromatic heterocycles. The van der Waals surface area contributed by atoms with Gasteiger partial charge in [0.1, 0.15) is 0 Å². The lowest BCUT2D eigenvalue weighted by molar-refractivity contribution is 0.234. The molecule has 0 amide bonds. The van der Waals surface area contributed by atoms with Crippen molar-refractivity contribution < 1.29 is 9.84 Å². The second-order valence-corrected chi connectivity index (χ2v) is 5.56. The standard InChI is InChI=1S/C12H21ClN4O2/c1-5-19-11-16-9(13)15-10(17-11)14-8(6-7-18)12(2,3)4/h8,18H,5-7H2,1-4H3,(H,14,15,16,17). The molecular weight excluding hydrogens is 268 g/mol. The molecule has 0 radical (unpaired) electrons. The maximum absolute atomic E-state index is 9.13. The monoisotopic (exact) mass is 288 g/mol. The van der Waals surface area contributed by atoms with Crippen LogP contribution in [0.4, 0.5) is 5.95 Å². The van der Waals surface area contributed by atoms with Gasteiger partial charge in [0, 0.05) is 12.6 Å². The summed E-state index contributed by atoms with van der Waals surface area (Å²) < 4.78 is 5.22. The van der Waals surface area contributed by atoms with Crippen LogP contribution in [0.2, 0.25) is 5.28 Å². The van der Waals surface area contributed by atoms with Gasteiger partial charge in [0.2, 0.25) is 11.2 Å². The number of halogens is 1. The molecule has 0 saturated heterocycles. The smallest absolute Gasteiger partial charge is 0.322 e. The molecule has 0 saturated carbocycles. The van der Waals surface area contributed by atoms with E-state index < -0.39 is 0 Å². The number of hydrogen-bond donors (Lipinski definition) is 2. The van der Waals surface area contributed by atoms with Gasteiger partial charge in [-0.2, -0.15) is 15.0 Å². The first-order valence-electron chi connectivity index (χ1n) is 6.28. The molecule has 0 aromatic carbocycles. The largest absolute Gasteiger partial charge is 0.464 e. The molecule has 1 aromatic rings. The highest BCUT2D eigenvalue weighted by molar-refractivity contribution is 6.28. The number of ether oxygens (including phenoxy) is 1. The van der Waals surface area contributed by atoms with Crippen LogP contribution in [0.15, 0.2) is 0 Å². The lowest BCUT2D eigenvalue weighted by Crippen LogP contribution is -2.35. The average Bonchev–Trinajstić information content (AvgIpc) is 2.27. The molecule has 19 heavy (non-hydrogen) atoms. The lowest BCUT2D eigenvalue weighted by Gasteiger charge is -2.31. The van der Waals surface area contributed by atoms with E-state index in [1.54, 1.807) is 0 Å². The molecule has 1 rings (SSSR count). The van der Waals surface area contributed by atoms with Crippen LogP contribution >= 0.6 is 11.6 Å². The first-order valence-corrected chi connectivity index (χ1v) is 6.66.